The Hall–Kier alpha value is -4.78. The van der Waals surface area contributed by atoms with Gasteiger partial charge in [-0.05, 0) is 41.3 Å². The first-order chi connectivity index (χ1) is 19.5. The number of benzene rings is 2. The summed E-state index contributed by atoms with van der Waals surface area (Å²) in [5.41, 5.74) is 0.804. The molecule has 41 heavy (non-hydrogen) atoms. The number of hydroxylamine groups is 1. The van der Waals surface area contributed by atoms with E-state index in [9.17, 15) is 13.6 Å². The monoisotopic (exact) mass is 578 g/mol. The summed E-state index contributed by atoms with van der Waals surface area (Å²) in [4.78, 5) is 17.1. The quantitative estimate of drug-likeness (QED) is 0.117. The van der Waals surface area contributed by atoms with Crippen LogP contribution in [0, 0.1) is 5.21 Å². The van der Waals surface area contributed by atoms with Crippen molar-refractivity contribution < 1.29 is 27.4 Å². The van der Waals surface area contributed by atoms with Crippen LogP contribution in [0.5, 0.6) is 23.1 Å². The van der Waals surface area contributed by atoms with E-state index in [0.717, 1.165) is 5.56 Å². The van der Waals surface area contributed by atoms with Crippen molar-refractivity contribution in [1.82, 2.24) is 19.9 Å². The number of hydrogen-bond acceptors (Lipinski definition) is 10. The molecule has 0 aliphatic heterocycles. The Morgan fingerprint density at radius 3 is 2.22 bits per heavy atom. The van der Waals surface area contributed by atoms with E-state index in [1.807, 2.05) is 20.8 Å². The molecule has 12 nitrogen and oxygen atoms in total. The van der Waals surface area contributed by atoms with Crippen molar-refractivity contribution in [2.75, 3.05) is 25.0 Å². The molecule has 0 radical (unpaired) electrons. The Morgan fingerprint density at radius 2 is 1.61 bits per heavy atom. The highest BCUT2D eigenvalue weighted by atomic mass is 32.2. The van der Waals surface area contributed by atoms with Gasteiger partial charge in [0.15, 0.2) is 29.7 Å². The Balaban J connectivity index is 1.85. The third-order valence-electron chi connectivity index (χ3n) is 5.72. The van der Waals surface area contributed by atoms with Gasteiger partial charge in [-0.25, -0.2) is 28.1 Å². The highest BCUT2D eigenvalue weighted by Crippen LogP contribution is 2.41. The molecule has 0 bridgehead atoms. The van der Waals surface area contributed by atoms with E-state index >= 15 is 0 Å². The van der Waals surface area contributed by atoms with E-state index in [2.05, 4.69) is 31.4 Å². The van der Waals surface area contributed by atoms with Gasteiger partial charge in [-0.1, -0.05) is 45.0 Å². The van der Waals surface area contributed by atoms with Crippen molar-refractivity contribution in [3.8, 4) is 34.8 Å². The van der Waals surface area contributed by atoms with Gasteiger partial charge in [-0.15, -0.1) is 0 Å². The first-order valence-corrected chi connectivity index (χ1v) is 14.0. The van der Waals surface area contributed by atoms with Crippen LogP contribution in [0.3, 0.4) is 0 Å². The van der Waals surface area contributed by atoms with Crippen LogP contribution in [-0.4, -0.2) is 60.1 Å². The lowest BCUT2D eigenvalue weighted by Gasteiger charge is -2.20. The van der Waals surface area contributed by atoms with Crippen molar-refractivity contribution >= 4 is 22.6 Å². The van der Waals surface area contributed by atoms with Crippen LogP contribution in [0.15, 0.2) is 71.9 Å². The molecule has 2 heterocycles. The van der Waals surface area contributed by atoms with E-state index in [1.165, 1.54) is 31.6 Å². The second-order valence-electron chi connectivity index (χ2n) is 9.79. The van der Waals surface area contributed by atoms with E-state index in [0.29, 0.717) is 10.5 Å². The predicted octanol–water partition coefficient (Wildman–Crippen LogP) is 4.42. The van der Waals surface area contributed by atoms with Crippen LogP contribution >= 0.6 is 0 Å². The van der Waals surface area contributed by atoms with Gasteiger partial charge >= 0.3 is 0 Å². The Morgan fingerprint density at radius 1 is 0.951 bits per heavy atom. The van der Waals surface area contributed by atoms with E-state index in [1.54, 1.807) is 42.5 Å². The number of sulfonamides is 1. The summed E-state index contributed by atoms with van der Waals surface area (Å²) in [7, 11) is -2.71. The van der Waals surface area contributed by atoms with Crippen LogP contribution in [0.2, 0.25) is 0 Å². The van der Waals surface area contributed by atoms with Crippen molar-refractivity contribution in [1.29, 1.82) is 0 Å². The highest BCUT2D eigenvalue weighted by Gasteiger charge is 2.26. The van der Waals surface area contributed by atoms with Gasteiger partial charge < -0.3 is 19.4 Å². The molecular formula is C28H30N6O6S. The molecule has 13 heteroatoms. The molecule has 0 amide bonds. The Bertz CT molecular complexity index is 1620. The predicted molar refractivity (Wildman–Crippen MR) is 153 cm³/mol. The average Bonchev–Trinajstić information content (AvgIpc) is 2.94. The Kier molecular flexibility index (Phi) is 8.67. The zero-order chi connectivity index (χ0) is 29.6. The van der Waals surface area contributed by atoms with Gasteiger partial charge in [0.2, 0.25) is 11.6 Å². The standard InChI is InChI=1S/C28H30N6O6S/c1-28(2,3)19-11-13-20(14-12-19)41(36,37)33-24-23(40-22-10-7-6-9-21(22)38-5)27(39-18-17-34(4)35)32-26(31-24)25-29-15-8-16-30-25/h6-16H,4,17-18H2,1-3,5H3,(H,31,32,33). The summed E-state index contributed by atoms with van der Waals surface area (Å²) in [6.07, 6.45) is 2.98. The summed E-state index contributed by atoms with van der Waals surface area (Å²) < 4.78 is 47.4. The number of methoxy groups -OCH3 is 1. The zero-order valence-electron chi connectivity index (χ0n) is 23.1. The smallest absolute Gasteiger partial charge is 0.264 e. The number of rotatable bonds is 11. The second kappa shape index (κ2) is 12.2. The molecule has 0 saturated heterocycles. The molecule has 0 aliphatic carbocycles. The van der Waals surface area contributed by atoms with Gasteiger partial charge in [0.25, 0.3) is 15.9 Å². The van der Waals surface area contributed by atoms with Gasteiger partial charge in [0, 0.05) is 12.4 Å². The zero-order valence-corrected chi connectivity index (χ0v) is 23.9. The van der Waals surface area contributed by atoms with Crippen molar-refractivity contribution in [3.05, 3.63) is 77.8 Å². The molecule has 0 spiro atoms. The van der Waals surface area contributed by atoms with E-state index < -0.39 is 10.0 Å². The molecule has 214 valence electrons. The van der Waals surface area contributed by atoms with Crippen molar-refractivity contribution in [2.45, 2.75) is 31.1 Å². The molecule has 0 fully saturated rings. The first-order valence-electron chi connectivity index (χ1n) is 12.5. The summed E-state index contributed by atoms with van der Waals surface area (Å²) in [5.74, 6) is 0.119. The number of nitrogens with one attached hydrogen (secondary N) is 1. The van der Waals surface area contributed by atoms with Gasteiger partial charge in [-0.2, -0.15) is 4.98 Å². The van der Waals surface area contributed by atoms with Crippen LogP contribution in [0.25, 0.3) is 11.6 Å². The van der Waals surface area contributed by atoms with E-state index in [4.69, 9.17) is 14.2 Å². The maximum absolute atomic E-state index is 13.6. The summed E-state index contributed by atoms with van der Waals surface area (Å²) in [5, 5.41) is 11.4. The number of aromatic nitrogens is 4. The van der Waals surface area contributed by atoms with Crippen LogP contribution < -0.4 is 18.9 Å². The minimum absolute atomic E-state index is 0.00591. The number of nitrogens with zero attached hydrogens (tertiary/aromatic N) is 5. The fourth-order valence-electron chi connectivity index (χ4n) is 3.58. The number of ether oxygens (including phenoxy) is 3. The van der Waals surface area contributed by atoms with Gasteiger partial charge in [-0.3, -0.25) is 4.72 Å². The first kappa shape index (κ1) is 29.2. The molecule has 0 unspecified atom stereocenters. The topological polar surface area (TPSA) is 151 Å². The second-order valence-corrected chi connectivity index (χ2v) is 11.5. The van der Waals surface area contributed by atoms with Gasteiger partial charge in [0.05, 0.1) is 12.0 Å². The highest BCUT2D eigenvalue weighted by molar-refractivity contribution is 7.92. The average molecular weight is 579 g/mol. The number of para-hydroxylation sites is 2. The van der Waals surface area contributed by atoms with Crippen molar-refractivity contribution in [3.63, 3.8) is 0 Å². The maximum Gasteiger partial charge on any atom is 0.264 e. The van der Waals surface area contributed by atoms with Crippen molar-refractivity contribution in [2.24, 2.45) is 0 Å². The molecule has 1 N–H and O–H groups in total. The lowest BCUT2D eigenvalue weighted by atomic mass is 9.87. The van der Waals surface area contributed by atoms with Crippen LogP contribution in [0.4, 0.5) is 5.82 Å². The summed E-state index contributed by atoms with van der Waals surface area (Å²) in [6, 6.07) is 14.9. The normalized spacial score (nSPS) is 11.5. The molecule has 2 aromatic heterocycles. The maximum atomic E-state index is 13.6. The largest absolute Gasteiger partial charge is 0.624 e. The molecule has 0 aliphatic rings. The number of anilines is 1. The third-order valence-corrected chi connectivity index (χ3v) is 7.08. The lowest BCUT2D eigenvalue weighted by molar-refractivity contribution is -0.450. The third kappa shape index (κ3) is 7.25. The molecule has 4 aromatic rings. The minimum Gasteiger partial charge on any atom is -0.624 e. The SMILES string of the molecule is C=[N+]([O-])CCOc1nc(-c2ncccn2)nc(NS(=O)(=O)c2ccc(C(C)(C)C)cc2)c1Oc1ccccc1OC. The minimum atomic E-state index is -4.17. The molecule has 4 rings (SSSR count). The fourth-order valence-corrected chi connectivity index (χ4v) is 4.59. The molecular weight excluding hydrogens is 548 g/mol. The van der Waals surface area contributed by atoms with Crippen LogP contribution in [-0.2, 0) is 15.4 Å². The summed E-state index contributed by atoms with van der Waals surface area (Å²) in [6.45, 7) is 9.14. The molecule has 0 saturated carbocycles. The molecule has 0 atom stereocenters. The van der Waals surface area contributed by atoms with E-state index in [-0.39, 0.29) is 58.3 Å². The summed E-state index contributed by atoms with van der Waals surface area (Å²) >= 11 is 0. The fraction of sp³-hybridized carbons (Fsp3) is 0.250. The lowest BCUT2D eigenvalue weighted by Crippen LogP contribution is -2.18. The van der Waals surface area contributed by atoms with Gasteiger partial charge in [0.1, 0.15) is 13.3 Å². The molecule has 2 aromatic carbocycles. The van der Waals surface area contributed by atoms with Crippen LogP contribution in [0.1, 0.15) is 26.3 Å². The Labute approximate surface area is 238 Å². The number of hydrogen-bond donors (Lipinski definition) is 1.